The van der Waals surface area contributed by atoms with Crippen LogP contribution in [-0.2, 0) is 0 Å². The standard InChI is InChI=1S/C9H10Cl2S/c1-7-6-8(12-5-4-10)2-3-9(7)11/h2-3,6H,4-5H2,1H3. The van der Waals surface area contributed by atoms with E-state index < -0.39 is 0 Å². The normalized spacial score (nSPS) is 10.2. The van der Waals surface area contributed by atoms with Crippen molar-refractivity contribution in [2.24, 2.45) is 0 Å². The molecule has 0 N–H and O–H groups in total. The van der Waals surface area contributed by atoms with Gasteiger partial charge in [0.2, 0.25) is 0 Å². The Morgan fingerprint density at radius 3 is 2.75 bits per heavy atom. The number of rotatable bonds is 3. The second kappa shape index (κ2) is 5.00. The van der Waals surface area contributed by atoms with Gasteiger partial charge in [-0.25, -0.2) is 0 Å². The third-order valence-electron chi connectivity index (χ3n) is 1.48. The topological polar surface area (TPSA) is 0 Å². The molecule has 12 heavy (non-hydrogen) atoms. The summed E-state index contributed by atoms with van der Waals surface area (Å²) < 4.78 is 0. The molecule has 0 bridgehead atoms. The van der Waals surface area contributed by atoms with Gasteiger partial charge in [-0.3, -0.25) is 0 Å². The summed E-state index contributed by atoms with van der Waals surface area (Å²) in [5, 5.41) is 0.824. The minimum absolute atomic E-state index is 0.687. The summed E-state index contributed by atoms with van der Waals surface area (Å²) in [5.41, 5.74) is 1.12. The van der Waals surface area contributed by atoms with E-state index in [1.54, 1.807) is 11.8 Å². The minimum Gasteiger partial charge on any atom is -0.126 e. The Kier molecular flexibility index (Phi) is 4.27. The molecule has 0 atom stereocenters. The molecular weight excluding hydrogens is 211 g/mol. The van der Waals surface area contributed by atoms with E-state index in [0.29, 0.717) is 5.88 Å². The van der Waals surface area contributed by atoms with Gasteiger partial charge in [0, 0.05) is 21.6 Å². The van der Waals surface area contributed by atoms with Crippen molar-refractivity contribution >= 4 is 35.0 Å². The van der Waals surface area contributed by atoms with E-state index in [2.05, 4.69) is 6.07 Å². The highest BCUT2D eigenvalue weighted by Gasteiger charge is 1.97. The van der Waals surface area contributed by atoms with Crippen LogP contribution in [0.2, 0.25) is 5.02 Å². The Labute approximate surface area is 87.3 Å². The molecule has 0 nitrogen and oxygen atoms in total. The molecule has 1 aromatic carbocycles. The number of hydrogen-bond donors (Lipinski definition) is 0. The molecule has 0 amide bonds. The van der Waals surface area contributed by atoms with Gasteiger partial charge in [-0.05, 0) is 30.7 Å². The molecule has 0 aliphatic carbocycles. The van der Waals surface area contributed by atoms with Crippen LogP contribution in [-0.4, -0.2) is 11.6 Å². The number of alkyl halides is 1. The molecule has 0 saturated carbocycles. The maximum Gasteiger partial charge on any atom is 0.0435 e. The summed E-state index contributed by atoms with van der Waals surface area (Å²) in [6.07, 6.45) is 0. The first-order valence-electron chi connectivity index (χ1n) is 3.69. The minimum atomic E-state index is 0.687. The lowest BCUT2D eigenvalue weighted by molar-refractivity contribution is 1.35. The maximum atomic E-state index is 5.88. The van der Waals surface area contributed by atoms with Gasteiger partial charge in [-0.15, -0.1) is 23.4 Å². The van der Waals surface area contributed by atoms with E-state index in [-0.39, 0.29) is 0 Å². The number of hydrogen-bond acceptors (Lipinski definition) is 1. The van der Waals surface area contributed by atoms with E-state index in [4.69, 9.17) is 23.2 Å². The van der Waals surface area contributed by atoms with E-state index in [1.165, 1.54) is 4.90 Å². The fourth-order valence-corrected chi connectivity index (χ4v) is 1.95. The van der Waals surface area contributed by atoms with Crippen molar-refractivity contribution < 1.29 is 0 Å². The maximum absolute atomic E-state index is 5.88. The summed E-state index contributed by atoms with van der Waals surface area (Å²) in [6.45, 7) is 2.01. The van der Waals surface area contributed by atoms with Crippen LogP contribution in [0.25, 0.3) is 0 Å². The van der Waals surface area contributed by atoms with Crippen LogP contribution >= 0.6 is 35.0 Å². The molecular formula is C9H10Cl2S. The first-order chi connectivity index (χ1) is 5.74. The summed E-state index contributed by atoms with van der Waals surface area (Å²) in [6, 6.07) is 6.03. The molecule has 66 valence electrons. The van der Waals surface area contributed by atoms with Gasteiger partial charge < -0.3 is 0 Å². The number of benzene rings is 1. The number of aryl methyl sites for hydroxylation is 1. The molecule has 0 aliphatic heterocycles. The summed E-state index contributed by atoms with van der Waals surface area (Å²) >= 11 is 13.2. The molecule has 0 fully saturated rings. The van der Waals surface area contributed by atoms with Crippen LogP contribution in [0.15, 0.2) is 23.1 Å². The van der Waals surface area contributed by atoms with Gasteiger partial charge in [0.05, 0.1) is 0 Å². The van der Waals surface area contributed by atoms with Crippen molar-refractivity contribution in [1.82, 2.24) is 0 Å². The van der Waals surface area contributed by atoms with Gasteiger partial charge in [0.1, 0.15) is 0 Å². The Balaban J connectivity index is 2.69. The average Bonchev–Trinajstić information content (AvgIpc) is 2.07. The van der Waals surface area contributed by atoms with Gasteiger partial charge in [-0.1, -0.05) is 11.6 Å². The van der Waals surface area contributed by atoms with Gasteiger partial charge in [0.25, 0.3) is 0 Å². The summed E-state index contributed by atoms with van der Waals surface area (Å²) in [5.74, 6) is 1.63. The lowest BCUT2D eigenvalue weighted by atomic mass is 10.2. The molecule has 0 aliphatic rings. The van der Waals surface area contributed by atoms with Crippen molar-refractivity contribution in [1.29, 1.82) is 0 Å². The molecule has 1 rings (SSSR count). The zero-order valence-corrected chi connectivity index (χ0v) is 9.14. The fourth-order valence-electron chi connectivity index (χ4n) is 0.863. The molecule has 0 spiro atoms. The predicted octanol–water partition coefficient (Wildman–Crippen LogP) is 3.98. The third-order valence-corrected chi connectivity index (χ3v) is 3.31. The SMILES string of the molecule is Cc1cc(SCCCl)ccc1Cl. The fraction of sp³-hybridized carbons (Fsp3) is 0.333. The third kappa shape index (κ3) is 2.89. The van der Waals surface area contributed by atoms with E-state index >= 15 is 0 Å². The Morgan fingerprint density at radius 1 is 1.42 bits per heavy atom. The number of thioether (sulfide) groups is 1. The van der Waals surface area contributed by atoms with Crippen LogP contribution in [0, 0.1) is 6.92 Å². The first-order valence-corrected chi connectivity index (χ1v) is 5.59. The highest BCUT2D eigenvalue weighted by molar-refractivity contribution is 7.99. The summed E-state index contributed by atoms with van der Waals surface area (Å²) in [7, 11) is 0. The second-order valence-corrected chi connectivity index (χ2v) is 4.40. The molecule has 3 heteroatoms. The Morgan fingerprint density at radius 2 is 2.17 bits per heavy atom. The van der Waals surface area contributed by atoms with Crippen LogP contribution in [0.5, 0.6) is 0 Å². The Bertz CT molecular complexity index is 261. The molecule has 0 unspecified atom stereocenters. The molecule has 1 aromatic rings. The Hall–Kier alpha value is 0.150. The average molecular weight is 221 g/mol. The lowest BCUT2D eigenvalue weighted by Crippen LogP contribution is -1.81. The van der Waals surface area contributed by atoms with Crippen molar-refractivity contribution in [3.63, 3.8) is 0 Å². The smallest absolute Gasteiger partial charge is 0.0435 e. The molecule has 0 saturated heterocycles. The van der Waals surface area contributed by atoms with Crippen molar-refractivity contribution in [3.8, 4) is 0 Å². The first kappa shape index (κ1) is 10.2. The van der Waals surface area contributed by atoms with Crippen LogP contribution in [0.3, 0.4) is 0 Å². The van der Waals surface area contributed by atoms with Gasteiger partial charge in [0.15, 0.2) is 0 Å². The second-order valence-electron chi connectivity index (χ2n) is 2.45. The van der Waals surface area contributed by atoms with Gasteiger partial charge >= 0.3 is 0 Å². The predicted molar refractivity (Wildman–Crippen MR) is 57.6 cm³/mol. The van der Waals surface area contributed by atoms with Crippen LogP contribution in [0.4, 0.5) is 0 Å². The lowest BCUT2D eigenvalue weighted by Gasteiger charge is -2.01. The summed E-state index contributed by atoms with van der Waals surface area (Å²) in [4.78, 5) is 1.23. The van der Waals surface area contributed by atoms with E-state index in [9.17, 15) is 0 Å². The van der Waals surface area contributed by atoms with Crippen molar-refractivity contribution in [2.75, 3.05) is 11.6 Å². The molecule has 0 radical (unpaired) electrons. The van der Waals surface area contributed by atoms with Crippen LogP contribution < -0.4 is 0 Å². The highest BCUT2D eigenvalue weighted by Crippen LogP contribution is 2.23. The molecule has 0 heterocycles. The quantitative estimate of drug-likeness (QED) is 0.549. The largest absolute Gasteiger partial charge is 0.126 e. The van der Waals surface area contributed by atoms with Crippen molar-refractivity contribution in [3.05, 3.63) is 28.8 Å². The highest BCUT2D eigenvalue weighted by atomic mass is 35.5. The zero-order chi connectivity index (χ0) is 8.97. The monoisotopic (exact) mass is 220 g/mol. The van der Waals surface area contributed by atoms with Gasteiger partial charge in [-0.2, -0.15) is 0 Å². The van der Waals surface area contributed by atoms with E-state index in [0.717, 1.165) is 16.3 Å². The molecule has 0 aromatic heterocycles. The van der Waals surface area contributed by atoms with Crippen molar-refractivity contribution in [2.45, 2.75) is 11.8 Å². The van der Waals surface area contributed by atoms with Crippen LogP contribution in [0.1, 0.15) is 5.56 Å². The van der Waals surface area contributed by atoms with E-state index in [1.807, 2.05) is 19.1 Å². The number of halogens is 2. The zero-order valence-electron chi connectivity index (χ0n) is 6.81.